The number of benzene rings is 2. The molecular weight excluding hydrogens is 390 g/mol. The summed E-state index contributed by atoms with van der Waals surface area (Å²) in [5, 5.41) is 15.2. The predicted molar refractivity (Wildman–Crippen MR) is 120 cm³/mol. The molecule has 0 bridgehead atoms. The van der Waals surface area contributed by atoms with E-state index in [0.717, 1.165) is 31.5 Å². The highest BCUT2D eigenvalue weighted by Gasteiger charge is 2.35. The molecule has 6 nitrogen and oxygen atoms in total. The number of hydrogen-bond acceptors (Lipinski definition) is 4. The quantitative estimate of drug-likeness (QED) is 0.670. The summed E-state index contributed by atoms with van der Waals surface area (Å²) in [7, 11) is 0. The van der Waals surface area contributed by atoms with Crippen LogP contribution in [0.2, 0.25) is 0 Å². The Kier molecular flexibility index (Phi) is 6.56. The first-order valence-electron chi connectivity index (χ1n) is 11.1. The van der Waals surface area contributed by atoms with Crippen LogP contribution in [-0.4, -0.2) is 53.5 Å². The van der Waals surface area contributed by atoms with Gasteiger partial charge in [-0.05, 0) is 68.4 Å². The molecule has 0 unspecified atom stereocenters. The minimum Gasteiger partial charge on any atom is -0.508 e. The highest BCUT2D eigenvalue weighted by molar-refractivity contribution is 5.96. The SMILES string of the molecule is Cc1cccc(C(=O)NCC(=O)NC2CN([C@H]3CC[C@@H](c4ccc(O)cc4)CC3)C2)c1. The van der Waals surface area contributed by atoms with E-state index in [1.807, 2.05) is 37.3 Å². The van der Waals surface area contributed by atoms with Crippen LogP contribution in [0, 0.1) is 6.92 Å². The van der Waals surface area contributed by atoms with E-state index in [-0.39, 0.29) is 24.4 Å². The Hall–Kier alpha value is -2.86. The van der Waals surface area contributed by atoms with Crippen molar-refractivity contribution in [1.29, 1.82) is 0 Å². The molecule has 6 heteroatoms. The number of carbonyl (C=O) groups excluding carboxylic acids is 2. The average molecular weight is 422 g/mol. The molecule has 4 rings (SSSR count). The molecule has 2 aromatic carbocycles. The zero-order chi connectivity index (χ0) is 21.8. The van der Waals surface area contributed by atoms with Crippen LogP contribution in [0.3, 0.4) is 0 Å². The van der Waals surface area contributed by atoms with Gasteiger partial charge in [0.15, 0.2) is 0 Å². The monoisotopic (exact) mass is 421 g/mol. The van der Waals surface area contributed by atoms with Crippen LogP contribution in [0.1, 0.15) is 53.1 Å². The van der Waals surface area contributed by atoms with Gasteiger partial charge in [-0.2, -0.15) is 0 Å². The zero-order valence-electron chi connectivity index (χ0n) is 18.0. The van der Waals surface area contributed by atoms with Crippen molar-refractivity contribution in [2.45, 2.75) is 50.6 Å². The molecule has 2 aliphatic rings. The lowest BCUT2D eigenvalue weighted by molar-refractivity contribution is -0.122. The lowest BCUT2D eigenvalue weighted by atomic mass is 9.80. The smallest absolute Gasteiger partial charge is 0.251 e. The minimum absolute atomic E-state index is 0.00101. The van der Waals surface area contributed by atoms with Gasteiger partial charge >= 0.3 is 0 Å². The number of phenols is 1. The summed E-state index contributed by atoms with van der Waals surface area (Å²) in [6.07, 6.45) is 4.65. The third-order valence-electron chi connectivity index (χ3n) is 6.54. The Balaban J connectivity index is 1.14. The Morgan fingerprint density at radius 2 is 1.74 bits per heavy atom. The first kappa shape index (κ1) is 21.4. The van der Waals surface area contributed by atoms with Crippen LogP contribution >= 0.6 is 0 Å². The van der Waals surface area contributed by atoms with Crippen molar-refractivity contribution in [3.05, 3.63) is 65.2 Å². The van der Waals surface area contributed by atoms with Gasteiger partial charge in [0.2, 0.25) is 5.91 Å². The number of aryl methyl sites for hydroxylation is 1. The third-order valence-corrected chi connectivity index (χ3v) is 6.54. The number of carbonyl (C=O) groups is 2. The van der Waals surface area contributed by atoms with Gasteiger partial charge in [-0.3, -0.25) is 14.5 Å². The Labute approximate surface area is 183 Å². The maximum atomic E-state index is 12.2. The molecule has 1 saturated carbocycles. The second-order valence-electron chi connectivity index (χ2n) is 8.87. The van der Waals surface area contributed by atoms with Gasteiger partial charge in [0.1, 0.15) is 5.75 Å². The van der Waals surface area contributed by atoms with Crippen LogP contribution in [0.25, 0.3) is 0 Å². The summed E-state index contributed by atoms with van der Waals surface area (Å²) in [5.74, 6) is 0.535. The predicted octanol–water partition coefficient (Wildman–Crippen LogP) is 2.96. The van der Waals surface area contributed by atoms with Gasteiger partial charge in [-0.1, -0.05) is 29.8 Å². The van der Waals surface area contributed by atoms with E-state index in [9.17, 15) is 14.7 Å². The molecule has 1 aliphatic carbocycles. The molecule has 0 atom stereocenters. The summed E-state index contributed by atoms with van der Waals surface area (Å²) in [5.41, 5.74) is 2.91. The minimum atomic E-state index is -0.223. The topological polar surface area (TPSA) is 81.7 Å². The van der Waals surface area contributed by atoms with E-state index in [2.05, 4.69) is 15.5 Å². The summed E-state index contributed by atoms with van der Waals surface area (Å²) in [6.45, 7) is 3.70. The lowest BCUT2D eigenvalue weighted by Crippen LogP contribution is -2.63. The largest absolute Gasteiger partial charge is 0.508 e. The van der Waals surface area contributed by atoms with E-state index in [4.69, 9.17) is 0 Å². The van der Waals surface area contributed by atoms with Crippen molar-refractivity contribution < 1.29 is 14.7 Å². The van der Waals surface area contributed by atoms with Gasteiger partial charge in [0.25, 0.3) is 5.91 Å². The summed E-state index contributed by atoms with van der Waals surface area (Å²) in [4.78, 5) is 26.8. The average Bonchev–Trinajstić information content (AvgIpc) is 2.75. The van der Waals surface area contributed by atoms with Crippen LogP contribution in [0.15, 0.2) is 48.5 Å². The van der Waals surface area contributed by atoms with Crippen molar-refractivity contribution >= 4 is 11.8 Å². The zero-order valence-corrected chi connectivity index (χ0v) is 18.0. The van der Waals surface area contributed by atoms with Crippen LogP contribution in [0.5, 0.6) is 5.75 Å². The number of aromatic hydroxyl groups is 1. The molecule has 2 fully saturated rings. The molecule has 164 valence electrons. The molecular formula is C25H31N3O3. The third kappa shape index (κ3) is 5.44. The number of rotatable bonds is 6. The molecule has 0 spiro atoms. The first-order chi connectivity index (χ1) is 15.0. The van der Waals surface area contributed by atoms with Gasteiger partial charge in [0.05, 0.1) is 12.6 Å². The number of hydrogen-bond donors (Lipinski definition) is 3. The molecule has 2 aromatic rings. The molecule has 2 amide bonds. The number of likely N-dealkylation sites (tertiary alicyclic amines) is 1. The molecule has 3 N–H and O–H groups in total. The van der Waals surface area contributed by atoms with Crippen molar-refractivity contribution in [2.75, 3.05) is 19.6 Å². The molecule has 1 aliphatic heterocycles. The molecule has 0 aromatic heterocycles. The molecule has 0 radical (unpaired) electrons. The van der Waals surface area contributed by atoms with E-state index in [0.29, 0.717) is 23.3 Å². The van der Waals surface area contributed by atoms with Crippen molar-refractivity contribution in [2.24, 2.45) is 0 Å². The van der Waals surface area contributed by atoms with Crippen molar-refractivity contribution in [3.63, 3.8) is 0 Å². The summed E-state index contributed by atoms with van der Waals surface area (Å²) in [6, 6.07) is 15.7. The van der Waals surface area contributed by atoms with Crippen LogP contribution in [-0.2, 0) is 4.79 Å². The van der Waals surface area contributed by atoms with Gasteiger partial charge in [-0.25, -0.2) is 0 Å². The lowest BCUT2D eigenvalue weighted by Gasteiger charge is -2.46. The highest BCUT2D eigenvalue weighted by atomic mass is 16.3. The number of phenolic OH excluding ortho intramolecular Hbond substituents is 1. The summed E-state index contributed by atoms with van der Waals surface area (Å²) >= 11 is 0. The van der Waals surface area contributed by atoms with Gasteiger partial charge in [-0.15, -0.1) is 0 Å². The number of nitrogens with one attached hydrogen (secondary N) is 2. The fourth-order valence-corrected chi connectivity index (χ4v) is 4.75. The van der Waals surface area contributed by atoms with E-state index < -0.39 is 0 Å². The second kappa shape index (κ2) is 9.52. The number of nitrogens with zero attached hydrogens (tertiary/aromatic N) is 1. The fourth-order valence-electron chi connectivity index (χ4n) is 4.75. The molecule has 1 saturated heterocycles. The van der Waals surface area contributed by atoms with Crippen molar-refractivity contribution in [1.82, 2.24) is 15.5 Å². The van der Waals surface area contributed by atoms with Crippen LogP contribution in [0.4, 0.5) is 0 Å². The Morgan fingerprint density at radius 1 is 1.03 bits per heavy atom. The van der Waals surface area contributed by atoms with Gasteiger partial charge < -0.3 is 15.7 Å². The van der Waals surface area contributed by atoms with Crippen molar-refractivity contribution in [3.8, 4) is 5.75 Å². The Bertz CT molecular complexity index is 914. The highest BCUT2D eigenvalue weighted by Crippen LogP contribution is 2.36. The van der Waals surface area contributed by atoms with E-state index in [1.165, 1.54) is 18.4 Å². The number of amides is 2. The summed E-state index contributed by atoms with van der Waals surface area (Å²) < 4.78 is 0. The molecule has 1 heterocycles. The van der Waals surface area contributed by atoms with E-state index in [1.54, 1.807) is 18.2 Å². The maximum absolute atomic E-state index is 12.2. The van der Waals surface area contributed by atoms with Gasteiger partial charge in [0, 0.05) is 24.7 Å². The second-order valence-corrected chi connectivity index (χ2v) is 8.87. The van der Waals surface area contributed by atoms with Crippen LogP contribution < -0.4 is 10.6 Å². The standard InChI is InChI=1S/C25H31N3O3/c1-17-3-2-4-20(13-17)25(31)26-14-24(30)27-21-15-28(16-21)22-9-5-18(6-10-22)19-7-11-23(29)12-8-19/h2-4,7-8,11-13,18,21-22,29H,5-6,9-10,14-16H2,1H3,(H,26,31)(H,27,30)/t18-,22+. The Morgan fingerprint density at radius 3 is 2.42 bits per heavy atom. The first-order valence-corrected chi connectivity index (χ1v) is 11.1. The maximum Gasteiger partial charge on any atom is 0.251 e. The fraction of sp³-hybridized carbons (Fsp3) is 0.440. The molecule has 31 heavy (non-hydrogen) atoms. The normalized spacial score (nSPS) is 21.8. The van der Waals surface area contributed by atoms with E-state index >= 15 is 0 Å².